The summed E-state index contributed by atoms with van der Waals surface area (Å²) in [6.45, 7) is 4.28. The van der Waals surface area contributed by atoms with Crippen molar-refractivity contribution in [1.29, 1.82) is 0 Å². The van der Waals surface area contributed by atoms with Gasteiger partial charge in [0, 0.05) is 44.7 Å². The van der Waals surface area contributed by atoms with E-state index in [0.29, 0.717) is 17.9 Å². The van der Waals surface area contributed by atoms with Gasteiger partial charge in [0.2, 0.25) is 10.0 Å². The molecule has 8 nitrogen and oxygen atoms in total. The molecule has 1 N–H and O–H groups in total. The van der Waals surface area contributed by atoms with Gasteiger partial charge < -0.3 is 19.6 Å². The van der Waals surface area contributed by atoms with Crippen LogP contribution in [0.5, 0.6) is 5.75 Å². The van der Waals surface area contributed by atoms with E-state index in [1.807, 2.05) is 38.1 Å². The minimum atomic E-state index is -3.88. The molecule has 3 atom stereocenters. The summed E-state index contributed by atoms with van der Waals surface area (Å²) in [5.74, 6) is 0.108. The average Bonchev–Trinajstić information content (AvgIpc) is 2.79. The molecular formula is C25H35N3O5S. The highest BCUT2D eigenvalue weighted by Crippen LogP contribution is 2.36. The van der Waals surface area contributed by atoms with Crippen molar-refractivity contribution in [3.8, 4) is 16.9 Å². The number of sulfonamides is 1. The molecule has 0 unspecified atom stereocenters. The van der Waals surface area contributed by atoms with Crippen LogP contribution in [-0.2, 0) is 10.0 Å². The number of aliphatic hydroxyl groups is 1. The van der Waals surface area contributed by atoms with Gasteiger partial charge in [-0.3, -0.25) is 4.79 Å². The van der Waals surface area contributed by atoms with Crippen LogP contribution in [0.3, 0.4) is 0 Å². The van der Waals surface area contributed by atoms with Gasteiger partial charge >= 0.3 is 0 Å². The molecule has 1 amide bonds. The number of aliphatic hydroxyl groups excluding tert-OH is 1. The molecule has 2 aromatic rings. The second-order valence-electron chi connectivity index (χ2n) is 9.44. The molecule has 1 heterocycles. The molecule has 2 aromatic carbocycles. The molecule has 0 aliphatic carbocycles. The van der Waals surface area contributed by atoms with Gasteiger partial charge in [-0.2, -0.15) is 4.31 Å². The third-order valence-electron chi connectivity index (χ3n) is 6.08. The maximum Gasteiger partial charge on any atom is 0.253 e. The van der Waals surface area contributed by atoms with Crippen LogP contribution in [0.25, 0.3) is 11.1 Å². The maximum atomic E-state index is 13.6. The first-order valence-corrected chi connectivity index (χ1v) is 12.8. The van der Waals surface area contributed by atoms with Gasteiger partial charge in [0.1, 0.15) is 16.7 Å². The van der Waals surface area contributed by atoms with E-state index in [2.05, 4.69) is 0 Å². The minimum absolute atomic E-state index is 0.0854. The summed E-state index contributed by atoms with van der Waals surface area (Å²) < 4.78 is 34.9. The zero-order valence-electron chi connectivity index (χ0n) is 20.7. The predicted octanol–water partition coefficient (Wildman–Crippen LogP) is 2.39. The van der Waals surface area contributed by atoms with E-state index in [9.17, 15) is 18.3 Å². The molecule has 3 rings (SSSR count). The molecule has 0 bridgehead atoms. The number of carbonyl (C=O) groups is 1. The highest BCUT2D eigenvalue weighted by Gasteiger charge is 2.38. The maximum absolute atomic E-state index is 13.6. The van der Waals surface area contributed by atoms with Crippen molar-refractivity contribution in [3.05, 3.63) is 48.0 Å². The molecule has 0 saturated heterocycles. The number of hydrogen-bond donors (Lipinski definition) is 1. The van der Waals surface area contributed by atoms with Crippen molar-refractivity contribution >= 4 is 15.9 Å². The van der Waals surface area contributed by atoms with Gasteiger partial charge in [-0.15, -0.1) is 0 Å². The Morgan fingerprint density at radius 2 is 1.74 bits per heavy atom. The Morgan fingerprint density at radius 1 is 1.12 bits per heavy atom. The topological polar surface area (TPSA) is 90.4 Å². The highest BCUT2D eigenvalue weighted by atomic mass is 32.2. The number of hydrogen-bond acceptors (Lipinski definition) is 6. The predicted molar refractivity (Wildman–Crippen MR) is 132 cm³/mol. The van der Waals surface area contributed by atoms with E-state index < -0.39 is 16.1 Å². The summed E-state index contributed by atoms with van der Waals surface area (Å²) in [4.78, 5) is 15.8. The Kier molecular flexibility index (Phi) is 8.02. The normalized spacial score (nSPS) is 21.2. The molecule has 34 heavy (non-hydrogen) atoms. The number of carbonyl (C=O) groups excluding carboxylic acids is 1. The average molecular weight is 490 g/mol. The summed E-state index contributed by atoms with van der Waals surface area (Å²) in [5.41, 5.74) is 2.21. The van der Waals surface area contributed by atoms with Crippen molar-refractivity contribution in [2.75, 3.05) is 47.9 Å². The first kappa shape index (κ1) is 26.2. The van der Waals surface area contributed by atoms with E-state index in [1.54, 1.807) is 51.4 Å². The zero-order valence-corrected chi connectivity index (χ0v) is 21.5. The minimum Gasteiger partial charge on any atom is -0.487 e. The van der Waals surface area contributed by atoms with E-state index >= 15 is 0 Å². The van der Waals surface area contributed by atoms with Gasteiger partial charge in [-0.05, 0) is 56.4 Å². The second kappa shape index (κ2) is 10.4. The van der Waals surface area contributed by atoms with Crippen molar-refractivity contribution in [2.45, 2.75) is 30.9 Å². The van der Waals surface area contributed by atoms with Gasteiger partial charge in [0.25, 0.3) is 5.91 Å². The molecule has 0 aromatic heterocycles. The number of nitrogens with zero attached hydrogens (tertiary/aromatic N) is 3. The highest BCUT2D eigenvalue weighted by molar-refractivity contribution is 7.89. The van der Waals surface area contributed by atoms with Crippen LogP contribution in [0.4, 0.5) is 0 Å². The standard InChI is InChI=1S/C25H35N3O5S/c1-17-14-28(18(2)16-29)34(31,32)24-12-11-21(13-22(24)33-23(17)15-26(3)4)19-7-9-20(10-8-19)25(30)27(5)6/h7-13,17-18,23,29H,14-16H2,1-6H3/t17-,18+,23+/m1/s1. The second-order valence-corrected chi connectivity index (χ2v) is 11.3. The zero-order chi connectivity index (χ0) is 25.2. The lowest BCUT2D eigenvalue weighted by molar-refractivity contribution is 0.0812. The number of likely N-dealkylation sites (N-methyl/N-ethyl adjacent to an activating group) is 1. The smallest absolute Gasteiger partial charge is 0.253 e. The molecule has 0 saturated carbocycles. The van der Waals surface area contributed by atoms with Gasteiger partial charge in [-0.1, -0.05) is 25.1 Å². The molecule has 0 radical (unpaired) electrons. The fourth-order valence-electron chi connectivity index (χ4n) is 4.05. The Bertz CT molecular complexity index is 1120. The van der Waals surface area contributed by atoms with E-state index in [1.165, 1.54) is 9.21 Å². The Hall–Kier alpha value is -2.46. The number of ether oxygens (including phenoxy) is 1. The number of rotatable bonds is 6. The lowest BCUT2D eigenvalue weighted by Gasteiger charge is -2.37. The van der Waals surface area contributed by atoms with Crippen LogP contribution in [0.1, 0.15) is 24.2 Å². The van der Waals surface area contributed by atoms with Crippen LogP contribution >= 0.6 is 0 Å². The fraction of sp³-hybridized carbons (Fsp3) is 0.480. The van der Waals surface area contributed by atoms with Crippen LogP contribution < -0.4 is 4.74 Å². The van der Waals surface area contributed by atoms with Crippen LogP contribution in [0, 0.1) is 5.92 Å². The number of fused-ring (bicyclic) bond motifs is 1. The van der Waals surface area contributed by atoms with Crippen LogP contribution in [0.15, 0.2) is 47.4 Å². The van der Waals surface area contributed by atoms with Gasteiger partial charge in [0.15, 0.2) is 0 Å². The first-order valence-electron chi connectivity index (χ1n) is 11.4. The molecule has 9 heteroatoms. The van der Waals surface area contributed by atoms with Crippen LogP contribution in [0.2, 0.25) is 0 Å². The Balaban J connectivity index is 2.09. The fourth-order valence-corrected chi connectivity index (χ4v) is 5.87. The number of benzene rings is 2. The molecular weight excluding hydrogens is 454 g/mol. The first-order chi connectivity index (χ1) is 15.9. The monoisotopic (exact) mass is 489 g/mol. The summed E-state index contributed by atoms with van der Waals surface area (Å²) in [6.07, 6.45) is -0.243. The molecule has 186 valence electrons. The SMILES string of the molecule is C[C@@H]1CN([C@@H](C)CO)S(=O)(=O)c2ccc(-c3ccc(C(=O)N(C)C)cc3)cc2O[C@H]1CN(C)C. The van der Waals surface area contributed by atoms with E-state index in [4.69, 9.17) is 4.74 Å². The number of amides is 1. The third-order valence-corrected chi connectivity index (χ3v) is 8.10. The Labute approximate surface area is 202 Å². The summed E-state index contributed by atoms with van der Waals surface area (Å²) in [6, 6.07) is 11.7. The van der Waals surface area contributed by atoms with Crippen LogP contribution in [-0.4, -0.2) is 93.6 Å². The van der Waals surface area contributed by atoms with Gasteiger partial charge in [0.05, 0.1) is 6.61 Å². The summed E-state index contributed by atoms with van der Waals surface area (Å²) in [7, 11) is 3.43. The molecule has 0 fully saturated rings. The van der Waals surface area contributed by atoms with Crippen molar-refractivity contribution in [3.63, 3.8) is 0 Å². The van der Waals surface area contributed by atoms with E-state index in [0.717, 1.165) is 11.1 Å². The largest absolute Gasteiger partial charge is 0.487 e. The quantitative estimate of drug-likeness (QED) is 0.670. The van der Waals surface area contributed by atoms with Crippen molar-refractivity contribution in [2.24, 2.45) is 5.92 Å². The van der Waals surface area contributed by atoms with E-state index in [-0.39, 0.29) is 36.0 Å². The molecule has 1 aliphatic heterocycles. The van der Waals surface area contributed by atoms with Gasteiger partial charge in [-0.25, -0.2) is 8.42 Å². The van der Waals surface area contributed by atoms with Crippen molar-refractivity contribution < 1.29 is 23.1 Å². The lowest BCUT2D eigenvalue weighted by atomic mass is 10.0. The summed E-state index contributed by atoms with van der Waals surface area (Å²) >= 11 is 0. The molecule has 1 aliphatic rings. The Morgan fingerprint density at radius 3 is 2.29 bits per heavy atom. The third kappa shape index (κ3) is 5.43. The molecule has 0 spiro atoms. The lowest BCUT2D eigenvalue weighted by Crippen LogP contribution is -2.49. The summed E-state index contributed by atoms with van der Waals surface area (Å²) in [5, 5.41) is 9.74. The van der Waals surface area contributed by atoms with Crippen molar-refractivity contribution in [1.82, 2.24) is 14.1 Å².